The van der Waals surface area contributed by atoms with Crippen LogP contribution >= 0.6 is 34.8 Å². The van der Waals surface area contributed by atoms with E-state index in [-0.39, 0.29) is 63.8 Å². The van der Waals surface area contributed by atoms with Gasteiger partial charge in [-0.1, -0.05) is 133 Å². The van der Waals surface area contributed by atoms with Crippen LogP contribution in [0.2, 0.25) is 15.1 Å². The standard InChI is InChI=1S/C27H31ClN2O2.C26H29ClN2O2.C25H27ClN2O2.CO2/c1-19-7-4-5-8-20(19)11-12-24(31)30-15-13-27(14-16-30)18-21(17-25(32)29(2)3)22-9-6-10-23(28)26(22)27;1-18-6-3-4-7-19(18)10-11-24(31)29-14-12-26(13-15-29)17-20(16-23(30)28-2)21-8-5-9-22(27)25(21)26;1-16-14-19(24(27)30)7-6-18(16)8-9-22(29)28-12-10-25(11-13-28)15-17(2)20-4-3-5-21(26)23(20)25;2-1-3/h4-12,21H,13-18H2,1-3H3;3-11,20H,12-17H2,1-2H3,(H,28,30);3-9,14,17H,10-13,15H2,1-2H3,(H2,27,30);/b12-11+;11-10+;9-8+;. The molecule has 6 aliphatic rings. The Morgan fingerprint density at radius 2 is 0.885 bits per heavy atom. The molecule has 502 valence electrons. The molecule has 3 heterocycles. The van der Waals surface area contributed by atoms with Gasteiger partial charge in [-0.25, -0.2) is 0 Å². The Hall–Kier alpha value is -8.39. The summed E-state index contributed by atoms with van der Waals surface area (Å²) in [5.74, 6) is 0.750. The molecule has 3 unspecified atom stereocenters. The predicted molar refractivity (Wildman–Crippen MR) is 381 cm³/mol. The number of primary amides is 1. The first-order valence-corrected chi connectivity index (χ1v) is 34.3. The van der Waals surface area contributed by atoms with Crippen molar-refractivity contribution in [3.05, 3.63) is 227 Å². The molecule has 3 N–H and O–H groups in total. The van der Waals surface area contributed by atoms with E-state index in [4.69, 9.17) is 50.1 Å². The second kappa shape index (κ2) is 31.7. The van der Waals surface area contributed by atoms with Gasteiger partial charge in [0.1, 0.15) is 0 Å². The van der Waals surface area contributed by atoms with Crippen molar-refractivity contribution in [3.8, 4) is 0 Å². The van der Waals surface area contributed by atoms with Crippen LogP contribution in [0.25, 0.3) is 18.2 Å². The summed E-state index contributed by atoms with van der Waals surface area (Å²) in [5, 5.41) is 5.20. The van der Waals surface area contributed by atoms with E-state index in [0.717, 1.165) is 119 Å². The molecule has 3 spiro atoms. The van der Waals surface area contributed by atoms with Crippen LogP contribution in [-0.4, -0.2) is 122 Å². The summed E-state index contributed by atoms with van der Waals surface area (Å²) in [5.41, 5.74) is 19.6. The first-order chi connectivity index (χ1) is 46.0. The molecule has 3 saturated heterocycles. The first kappa shape index (κ1) is 71.9. The van der Waals surface area contributed by atoms with Gasteiger partial charge >= 0.3 is 6.15 Å². The number of nitrogens with two attached hydrogens (primary N) is 1. The van der Waals surface area contributed by atoms with Gasteiger partial charge in [0.25, 0.3) is 0 Å². The minimum Gasteiger partial charge on any atom is -0.366 e. The monoisotopic (exact) mass is 1350 g/mol. The third kappa shape index (κ3) is 16.2. The van der Waals surface area contributed by atoms with Crippen molar-refractivity contribution >= 4 is 94.6 Å². The summed E-state index contributed by atoms with van der Waals surface area (Å²) in [6.45, 7) is 12.6. The number of piperidine rings is 3. The van der Waals surface area contributed by atoms with Crippen molar-refractivity contribution in [2.24, 2.45) is 5.73 Å². The van der Waals surface area contributed by atoms with E-state index in [1.165, 1.54) is 33.4 Å². The quantitative estimate of drug-likeness (QED) is 0.120. The Bertz CT molecular complexity index is 4010. The maximum atomic E-state index is 12.8. The molecule has 96 heavy (non-hydrogen) atoms. The average molecular weight is 1350 g/mol. The van der Waals surface area contributed by atoms with Gasteiger partial charge in [-0.15, -0.1) is 0 Å². The number of nitrogens with zero attached hydrogens (tertiary/aromatic N) is 4. The first-order valence-electron chi connectivity index (χ1n) is 33.2. The van der Waals surface area contributed by atoms with Crippen molar-refractivity contribution in [2.45, 2.75) is 132 Å². The van der Waals surface area contributed by atoms with Crippen LogP contribution in [0.3, 0.4) is 0 Å². The zero-order chi connectivity index (χ0) is 69.1. The fourth-order valence-corrected chi connectivity index (χ4v) is 17.0. The zero-order valence-electron chi connectivity index (χ0n) is 56.0. The molecule has 0 aromatic heterocycles. The van der Waals surface area contributed by atoms with Gasteiger partial charge in [0.2, 0.25) is 35.4 Å². The van der Waals surface area contributed by atoms with Gasteiger partial charge in [0.15, 0.2) is 0 Å². The minimum absolute atomic E-state index is 0.0219. The van der Waals surface area contributed by atoms with E-state index in [9.17, 15) is 28.8 Å². The molecule has 3 fully saturated rings. The fourth-order valence-electron chi connectivity index (χ4n) is 15.8. The number of rotatable bonds is 11. The van der Waals surface area contributed by atoms with E-state index >= 15 is 0 Å². The summed E-state index contributed by atoms with van der Waals surface area (Å²) < 4.78 is 0. The topological polar surface area (TPSA) is 188 Å². The molecule has 6 aromatic rings. The number of fused-ring (bicyclic) bond motifs is 6. The summed E-state index contributed by atoms with van der Waals surface area (Å²) in [6.07, 6.45) is 20.2. The van der Waals surface area contributed by atoms with Crippen molar-refractivity contribution in [1.82, 2.24) is 24.9 Å². The normalized spacial score (nSPS) is 19.1. The number of carbonyl (C=O) groups excluding carboxylic acids is 8. The van der Waals surface area contributed by atoms with Crippen molar-refractivity contribution in [2.75, 3.05) is 60.4 Å². The smallest absolute Gasteiger partial charge is 0.366 e. The number of carbonyl (C=O) groups is 6. The molecule has 6 amide bonds. The third-order valence-electron chi connectivity index (χ3n) is 21.0. The van der Waals surface area contributed by atoms with Crippen LogP contribution in [0.15, 0.2) is 140 Å². The lowest BCUT2D eigenvalue weighted by atomic mass is 9.73. The van der Waals surface area contributed by atoms with Crippen molar-refractivity contribution in [3.63, 3.8) is 0 Å². The Kier molecular flexibility index (Phi) is 23.7. The summed E-state index contributed by atoms with van der Waals surface area (Å²) >= 11 is 20.0. The highest BCUT2D eigenvalue weighted by molar-refractivity contribution is 6.32. The number of halogens is 3. The number of nitrogens with one attached hydrogen (secondary N) is 1. The van der Waals surface area contributed by atoms with Crippen LogP contribution in [0.5, 0.6) is 0 Å². The SMILES string of the molecule is CNC(=O)CC1CC2(CCN(C(=O)/C=C/c3ccccc3C)CC2)c2c(Cl)cccc21.Cc1cc(C(N)=O)ccc1/C=C/C(=O)N1CCC2(CC1)CC(C)c1cccc(Cl)c12.Cc1ccccc1/C=C/C(=O)N1CCC2(CC1)CC(CC(=O)N(C)C)c1cccc(Cl)c12.O=C=O. The van der Waals surface area contributed by atoms with Gasteiger partial charge in [0, 0.05) is 128 Å². The van der Waals surface area contributed by atoms with Gasteiger partial charge in [-0.05, 0) is 212 Å². The molecule has 12 rings (SSSR count). The molecule has 0 bridgehead atoms. The lowest BCUT2D eigenvalue weighted by Gasteiger charge is -2.40. The number of benzene rings is 6. The van der Waals surface area contributed by atoms with E-state index in [2.05, 4.69) is 30.4 Å². The van der Waals surface area contributed by atoms with E-state index in [1.54, 1.807) is 56.4 Å². The second-order valence-corrected chi connectivity index (χ2v) is 28.2. The van der Waals surface area contributed by atoms with Gasteiger partial charge in [-0.3, -0.25) is 28.8 Å². The lowest BCUT2D eigenvalue weighted by Crippen LogP contribution is -2.44. The predicted octanol–water partition coefficient (Wildman–Crippen LogP) is 14.3. The van der Waals surface area contributed by atoms with Crippen LogP contribution in [0.4, 0.5) is 0 Å². The lowest BCUT2D eigenvalue weighted by molar-refractivity contribution is -0.191. The molecule has 0 saturated carbocycles. The minimum atomic E-state index is -0.449. The van der Waals surface area contributed by atoms with Crippen LogP contribution in [0, 0.1) is 20.8 Å². The number of aryl methyl sites for hydroxylation is 3. The molecule has 6 aromatic carbocycles. The maximum Gasteiger partial charge on any atom is 0.373 e. The van der Waals surface area contributed by atoms with Crippen LogP contribution in [-0.2, 0) is 49.8 Å². The summed E-state index contributed by atoms with van der Waals surface area (Å²) in [6, 6.07) is 39.7. The maximum absolute atomic E-state index is 12.8. The molecule has 14 nitrogen and oxygen atoms in total. The van der Waals surface area contributed by atoms with Crippen LogP contribution < -0.4 is 11.1 Å². The zero-order valence-corrected chi connectivity index (χ0v) is 58.3. The molecule has 3 aliphatic heterocycles. The average Bonchev–Trinajstić information content (AvgIpc) is 1.60. The highest BCUT2D eigenvalue weighted by Gasteiger charge is 2.50. The molecule has 3 aliphatic carbocycles. The Morgan fingerprint density at radius 3 is 1.26 bits per heavy atom. The van der Waals surface area contributed by atoms with E-state index < -0.39 is 5.91 Å². The number of hydrogen-bond donors (Lipinski definition) is 2. The van der Waals surface area contributed by atoms with E-state index in [0.29, 0.717) is 50.5 Å². The largest absolute Gasteiger partial charge is 0.373 e. The molecular formula is C79H87Cl3N6O8. The molecule has 0 radical (unpaired) electrons. The summed E-state index contributed by atoms with van der Waals surface area (Å²) in [7, 11) is 5.29. The number of amides is 6. The molecule has 3 atom stereocenters. The molecular weight excluding hydrogens is 1270 g/mol. The van der Waals surface area contributed by atoms with Gasteiger partial charge in [-0.2, -0.15) is 9.59 Å². The molecule has 17 heteroatoms. The van der Waals surface area contributed by atoms with Gasteiger partial charge < -0.3 is 30.7 Å². The third-order valence-corrected chi connectivity index (χ3v) is 21.9. The Morgan fingerprint density at radius 1 is 0.521 bits per heavy atom. The number of hydrogen-bond acceptors (Lipinski definition) is 8. The van der Waals surface area contributed by atoms with Crippen LogP contribution in [0.1, 0.15) is 172 Å². The van der Waals surface area contributed by atoms with Crippen molar-refractivity contribution in [1.29, 1.82) is 0 Å². The Balaban J connectivity index is 0.000000166. The summed E-state index contributed by atoms with van der Waals surface area (Å²) in [4.78, 5) is 98.0. The Labute approximate surface area is 579 Å². The van der Waals surface area contributed by atoms with Gasteiger partial charge in [0.05, 0.1) is 0 Å². The van der Waals surface area contributed by atoms with Crippen molar-refractivity contribution < 1.29 is 38.4 Å². The fraction of sp³-hybridized carbons (Fsp3) is 0.380. The highest BCUT2D eigenvalue weighted by Crippen LogP contribution is 2.57. The second-order valence-electron chi connectivity index (χ2n) is 26.9. The highest BCUT2D eigenvalue weighted by atomic mass is 35.5. The van der Waals surface area contributed by atoms with E-state index in [1.807, 2.05) is 145 Å². The number of likely N-dealkylation sites (tertiary alicyclic amines) is 3.